The summed E-state index contributed by atoms with van der Waals surface area (Å²) >= 11 is 0. The topological polar surface area (TPSA) is 46.9 Å². The van der Waals surface area contributed by atoms with E-state index in [0.29, 0.717) is 5.69 Å². The first-order valence-electron chi connectivity index (χ1n) is 9.11. The van der Waals surface area contributed by atoms with Gasteiger partial charge in [0.1, 0.15) is 5.69 Å². The predicted molar refractivity (Wildman–Crippen MR) is 108 cm³/mol. The maximum atomic E-state index is 13.0. The molecular formula is C23H16F3N3O. The first kappa shape index (κ1) is 19.4. The number of carbonyl (C=O) groups excluding carboxylic acids is 1. The van der Waals surface area contributed by atoms with Crippen LogP contribution in [0.15, 0.2) is 91.1 Å². The Balaban J connectivity index is 1.72. The second kappa shape index (κ2) is 7.87. The number of hydrogen-bond donors (Lipinski definition) is 1. The molecule has 0 bridgehead atoms. The molecule has 4 aromatic rings. The van der Waals surface area contributed by atoms with E-state index in [9.17, 15) is 18.0 Å². The molecule has 0 spiro atoms. The van der Waals surface area contributed by atoms with Crippen LogP contribution in [0.25, 0.3) is 16.9 Å². The SMILES string of the molecule is O=C(Nc1cccc(C(F)(F)F)c1)c1cn(-c2ccccc2)nc1-c1ccccc1. The predicted octanol–water partition coefficient (Wildman–Crippen LogP) is 5.81. The summed E-state index contributed by atoms with van der Waals surface area (Å²) in [5.41, 5.74) is 1.39. The van der Waals surface area contributed by atoms with Gasteiger partial charge in [0.2, 0.25) is 0 Å². The molecule has 0 radical (unpaired) electrons. The molecule has 0 unspecified atom stereocenters. The van der Waals surface area contributed by atoms with Crippen molar-refractivity contribution in [2.75, 3.05) is 5.32 Å². The van der Waals surface area contributed by atoms with Crippen molar-refractivity contribution in [1.82, 2.24) is 9.78 Å². The molecule has 1 N–H and O–H groups in total. The molecule has 0 saturated heterocycles. The highest BCUT2D eigenvalue weighted by atomic mass is 19.4. The third kappa shape index (κ3) is 4.10. The van der Waals surface area contributed by atoms with E-state index in [2.05, 4.69) is 10.4 Å². The van der Waals surface area contributed by atoms with Crippen molar-refractivity contribution in [3.05, 3.63) is 102 Å². The number of hydrogen-bond acceptors (Lipinski definition) is 2. The van der Waals surface area contributed by atoms with Gasteiger partial charge in [0.15, 0.2) is 0 Å². The van der Waals surface area contributed by atoms with Crippen molar-refractivity contribution in [1.29, 1.82) is 0 Å². The van der Waals surface area contributed by atoms with Gasteiger partial charge in [-0.2, -0.15) is 18.3 Å². The number of rotatable bonds is 4. The summed E-state index contributed by atoms with van der Waals surface area (Å²) in [4.78, 5) is 13.0. The number of aromatic nitrogens is 2. The molecule has 1 amide bonds. The Hall–Kier alpha value is -3.87. The minimum absolute atomic E-state index is 0.0568. The van der Waals surface area contributed by atoms with Gasteiger partial charge in [-0.15, -0.1) is 0 Å². The largest absolute Gasteiger partial charge is 0.416 e. The summed E-state index contributed by atoms with van der Waals surface area (Å²) in [5.74, 6) is -0.546. The molecule has 1 aromatic heterocycles. The standard InChI is InChI=1S/C23H16F3N3O/c24-23(25,26)17-10-7-11-18(14-17)27-22(30)20-15-29(19-12-5-2-6-13-19)28-21(20)16-8-3-1-4-9-16/h1-15H,(H,27,30). The molecule has 7 heteroatoms. The zero-order valence-corrected chi connectivity index (χ0v) is 15.6. The van der Waals surface area contributed by atoms with Crippen LogP contribution < -0.4 is 5.32 Å². The minimum Gasteiger partial charge on any atom is -0.322 e. The molecule has 150 valence electrons. The highest BCUT2D eigenvalue weighted by molar-refractivity contribution is 6.08. The van der Waals surface area contributed by atoms with E-state index < -0.39 is 17.6 Å². The van der Waals surface area contributed by atoms with Gasteiger partial charge >= 0.3 is 6.18 Å². The van der Waals surface area contributed by atoms with Gasteiger partial charge in [-0.05, 0) is 30.3 Å². The highest BCUT2D eigenvalue weighted by Gasteiger charge is 2.30. The van der Waals surface area contributed by atoms with Crippen LogP contribution in [0.4, 0.5) is 18.9 Å². The van der Waals surface area contributed by atoms with E-state index in [1.165, 1.54) is 12.1 Å². The number of anilines is 1. The lowest BCUT2D eigenvalue weighted by Gasteiger charge is -2.10. The molecule has 1 heterocycles. The van der Waals surface area contributed by atoms with Crippen molar-refractivity contribution < 1.29 is 18.0 Å². The average Bonchev–Trinajstić information content (AvgIpc) is 3.20. The summed E-state index contributed by atoms with van der Waals surface area (Å²) in [6.45, 7) is 0. The summed E-state index contributed by atoms with van der Waals surface area (Å²) in [5, 5.41) is 7.10. The van der Waals surface area contributed by atoms with E-state index in [0.717, 1.165) is 23.4 Å². The third-order valence-electron chi connectivity index (χ3n) is 4.47. The summed E-state index contributed by atoms with van der Waals surface area (Å²) < 4.78 is 40.5. The molecule has 0 fully saturated rings. The Kier molecular flexibility index (Phi) is 5.10. The fourth-order valence-corrected chi connectivity index (χ4v) is 3.03. The molecule has 0 aliphatic heterocycles. The Morgan fingerprint density at radius 2 is 1.53 bits per heavy atom. The molecule has 0 aliphatic carbocycles. The number of benzene rings is 3. The zero-order chi connectivity index (χ0) is 21.1. The first-order chi connectivity index (χ1) is 14.4. The minimum atomic E-state index is -4.49. The smallest absolute Gasteiger partial charge is 0.322 e. The van der Waals surface area contributed by atoms with Crippen molar-refractivity contribution >= 4 is 11.6 Å². The van der Waals surface area contributed by atoms with E-state index in [1.807, 2.05) is 60.7 Å². The Bertz CT molecular complexity index is 1170. The van der Waals surface area contributed by atoms with E-state index in [4.69, 9.17) is 0 Å². The molecule has 30 heavy (non-hydrogen) atoms. The summed E-state index contributed by atoms with van der Waals surface area (Å²) in [7, 11) is 0. The van der Waals surface area contributed by atoms with E-state index in [1.54, 1.807) is 10.9 Å². The Morgan fingerprint density at radius 1 is 0.867 bits per heavy atom. The van der Waals surface area contributed by atoms with Crippen LogP contribution in [-0.4, -0.2) is 15.7 Å². The van der Waals surface area contributed by atoms with Crippen molar-refractivity contribution in [3.63, 3.8) is 0 Å². The maximum Gasteiger partial charge on any atom is 0.416 e. The quantitative estimate of drug-likeness (QED) is 0.464. The van der Waals surface area contributed by atoms with Crippen molar-refractivity contribution in [2.24, 2.45) is 0 Å². The molecule has 3 aromatic carbocycles. The van der Waals surface area contributed by atoms with Gasteiger partial charge in [0.05, 0.1) is 16.8 Å². The van der Waals surface area contributed by atoms with Crippen LogP contribution in [0.5, 0.6) is 0 Å². The maximum absolute atomic E-state index is 13.0. The fraction of sp³-hybridized carbons (Fsp3) is 0.0435. The molecule has 0 saturated carbocycles. The summed E-state index contributed by atoms with van der Waals surface area (Å²) in [6.07, 6.45) is -2.92. The van der Waals surface area contributed by atoms with E-state index >= 15 is 0 Å². The number of carbonyl (C=O) groups is 1. The van der Waals surface area contributed by atoms with Crippen LogP contribution >= 0.6 is 0 Å². The van der Waals surface area contributed by atoms with Gasteiger partial charge in [-0.25, -0.2) is 4.68 Å². The second-order valence-electron chi connectivity index (χ2n) is 6.57. The Labute approximate surface area is 170 Å². The lowest BCUT2D eigenvalue weighted by Crippen LogP contribution is -2.13. The molecule has 0 aliphatic rings. The van der Waals surface area contributed by atoms with Crippen molar-refractivity contribution in [2.45, 2.75) is 6.18 Å². The van der Waals surface area contributed by atoms with Crippen LogP contribution in [-0.2, 0) is 6.18 Å². The number of alkyl halides is 3. The third-order valence-corrected chi connectivity index (χ3v) is 4.47. The van der Waals surface area contributed by atoms with Gasteiger partial charge in [0, 0.05) is 17.4 Å². The highest BCUT2D eigenvalue weighted by Crippen LogP contribution is 2.31. The number of nitrogens with one attached hydrogen (secondary N) is 1. The number of nitrogens with zero attached hydrogens (tertiary/aromatic N) is 2. The van der Waals surface area contributed by atoms with E-state index in [-0.39, 0.29) is 11.3 Å². The fourth-order valence-electron chi connectivity index (χ4n) is 3.03. The molecule has 4 rings (SSSR count). The number of para-hydroxylation sites is 1. The van der Waals surface area contributed by atoms with Crippen LogP contribution in [0.3, 0.4) is 0 Å². The second-order valence-corrected chi connectivity index (χ2v) is 6.57. The first-order valence-corrected chi connectivity index (χ1v) is 9.11. The number of halogens is 3. The van der Waals surface area contributed by atoms with Gasteiger partial charge in [-0.1, -0.05) is 54.6 Å². The normalized spacial score (nSPS) is 11.3. The average molecular weight is 407 g/mol. The number of amides is 1. The zero-order valence-electron chi connectivity index (χ0n) is 15.6. The van der Waals surface area contributed by atoms with Gasteiger partial charge in [0.25, 0.3) is 5.91 Å². The monoisotopic (exact) mass is 407 g/mol. The van der Waals surface area contributed by atoms with Crippen molar-refractivity contribution in [3.8, 4) is 16.9 Å². The van der Waals surface area contributed by atoms with Crippen LogP contribution in [0, 0.1) is 0 Å². The van der Waals surface area contributed by atoms with Crippen LogP contribution in [0.2, 0.25) is 0 Å². The van der Waals surface area contributed by atoms with Gasteiger partial charge < -0.3 is 5.32 Å². The van der Waals surface area contributed by atoms with Gasteiger partial charge in [-0.3, -0.25) is 4.79 Å². The molecule has 4 nitrogen and oxygen atoms in total. The molecule has 0 atom stereocenters. The lowest BCUT2D eigenvalue weighted by molar-refractivity contribution is -0.137. The summed E-state index contributed by atoms with van der Waals surface area (Å²) in [6, 6.07) is 22.9. The lowest BCUT2D eigenvalue weighted by atomic mass is 10.1. The van der Waals surface area contributed by atoms with Crippen LogP contribution in [0.1, 0.15) is 15.9 Å². The Morgan fingerprint density at radius 3 is 2.20 bits per heavy atom. The molecular weight excluding hydrogens is 391 g/mol.